The number of piperidine rings is 1. The second-order valence-corrected chi connectivity index (χ2v) is 10.2. The molecule has 1 heterocycles. The van der Waals surface area contributed by atoms with Crippen LogP contribution in [0.1, 0.15) is 44.9 Å². The Morgan fingerprint density at radius 3 is 2.17 bits per heavy atom. The van der Waals surface area contributed by atoms with E-state index in [4.69, 9.17) is 17.3 Å². The van der Waals surface area contributed by atoms with Crippen LogP contribution in [0.3, 0.4) is 0 Å². The summed E-state index contributed by atoms with van der Waals surface area (Å²) in [5.74, 6) is -0.784. The molecule has 0 bridgehead atoms. The molecular weight excluding hydrogens is 414 g/mol. The molecule has 1 saturated heterocycles. The van der Waals surface area contributed by atoms with Crippen LogP contribution >= 0.6 is 11.6 Å². The van der Waals surface area contributed by atoms with Gasteiger partial charge in [-0.3, -0.25) is 9.59 Å². The number of benzene rings is 1. The summed E-state index contributed by atoms with van der Waals surface area (Å²) in [6.45, 7) is 0.661. The van der Waals surface area contributed by atoms with E-state index in [1.165, 1.54) is 16.4 Å². The lowest BCUT2D eigenvalue weighted by atomic mass is 9.95. The summed E-state index contributed by atoms with van der Waals surface area (Å²) < 4.78 is 28.1. The van der Waals surface area contributed by atoms with Crippen molar-refractivity contribution in [2.75, 3.05) is 19.6 Å². The van der Waals surface area contributed by atoms with Gasteiger partial charge in [-0.15, -0.1) is 0 Å². The minimum Gasteiger partial charge on any atom is -0.369 e. The van der Waals surface area contributed by atoms with E-state index in [-0.39, 0.29) is 35.2 Å². The topological polar surface area (TPSA) is 101 Å². The predicted octanol–water partition coefficient (Wildman–Crippen LogP) is 2.39. The van der Waals surface area contributed by atoms with Crippen molar-refractivity contribution in [3.63, 3.8) is 0 Å². The van der Waals surface area contributed by atoms with Crippen LogP contribution in [0.15, 0.2) is 29.2 Å². The summed E-state index contributed by atoms with van der Waals surface area (Å²) in [5.41, 5.74) is 5.36. The number of carbonyl (C=O) groups excluding carboxylic acids is 2. The molecule has 2 fully saturated rings. The first-order valence-electron chi connectivity index (χ1n) is 10.1. The maximum atomic E-state index is 13.4. The maximum absolute atomic E-state index is 13.4. The highest BCUT2D eigenvalue weighted by atomic mass is 35.5. The summed E-state index contributed by atoms with van der Waals surface area (Å²) in [6, 6.07) is 5.87. The number of carbonyl (C=O) groups is 2. The number of rotatable bonds is 6. The van der Waals surface area contributed by atoms with E-state index in [0.717, 1.165) is 32.1 Å². The van der Waals surface area contributed by atoms with Gasteiger partial charge in [0.05, 0.1) is 11.4 Å². The lowest BCUT2D eigenvalue weighted by molar-refractivity contribution is -0.135. The second kappa shape index (κ2) is 9.45. The molecule has 160 valence electrons. The molecule has 0 aromatic heterocycles. The number of hydrogen-bond donors (Lipinski definition) is 1. The van der Waals surface area contributed by atoms with Gasteiger partial charge in [0, 0.05) is 30.1 Å². The monoisotopic (exact) mass is 441 g/mol. The Morgan fingerprint density at radius 2 is 1.62 bits per heavy atom. The average Bonchev–Trinajstić information content (AvgIpc) is 2.72. The number of sulfonamides is 1. The quantitative estimate of drug-likeness (QED) is 0.732. The minimum atomic E-state index is -3.82. The number of primary amides is 1. The molecule has 0 radical (unpaired) electrons. The maximum Gasteiger partial charge on any atom is 0.243 e. The first-order chi connectivity index (χ1) is 13.8. The Labute approximate surface area is 177 Å². The summed E-state index contributed by atoms with van der Waals surface area (Å²) in [5, 5.41) is 0.460. The summed E-state index contributed by atoms with van der Waals surface area (Å²) in [6.07, 6.45) is 5.54. The predicted molar refractivity (Wildman–Crippen MR) is 111 cm³/mol. The third kappa shape index (κ3) is 5.29. The zero-order valence-corrected chi connectivity index (χ0v) is 18.0. The number of likely N-dealkylation sites (tertiary alicyclic amines) is 1. The molecule has 2 N–H and O–H groups in total. The molecule has 7 nitrogen and oxygen atoms in total. The Morgan fingerprint density at radius 1 is 1.03 bits per heavy atom. The normalized spacial score (nSPS) is 19.4. The van der Waals surface area contributed by atoms with Crippen molar-refractivity contribution in [2.24, 2.45) is 11.7 Å². The van der Waals surface area contributed by atoms with Gasteiger partial charge in [0.1, 0.15) is 0 Å². The van der Waals surface area contributed by atoms with Crippen molar-refractivity contribution < 1.29 is 18.0 Å². The van der Waals surface area contributed by atoms with Crippen LogP contribution in [0, 0.1) is 5.92 Å². The van der Waals surface area contributed by atoms with Gasteiger partial charge < -0.3 is 10.6 Å². The van der Waals surface area contributed by atoms with Crippen LogP contribution < -0.4 is 5.73 Å². The zero-order valence-electron chi connectivity index (χ0n) is 16.4. The fourth-order valence-electron chi connectivity index (χ4n) is 4.17. The van der Waals surface area contributed by atoms with E-state index >= 15 is 0 Å². The van der Waals surface area contributed by atoms with Crippen molar-refractivity contribution in [3.8, 4) is 0 Å². The molecule has 0 atom stereocenters. The number of amides is 2. The summed E-state index contributed by atoms with van der Waals surface area (Å²) in [7, 11) is -3.82. The van der Waals surface area contributed by atoms with Crippen LogP contribution in [-0.2, 0) is 19.6 Å². The number of nitrogens with two attached hydrogens (primary N) is 1. The first-order valence-corrected chi connectivity index (χ1v) is 12.0. The molecule has 1 aromatic rings. The van der Waals surface area contributed by atoms with Gasteiger partial charge in [0.25, 0.3) is 0 Å². The van der Waals surface area contributed by atoms with Gasteiger partial charge in [-0.25, -0.2) is 8.42 Å². The van der Waals surface area contributed by atoms with Gasteiger partial charge in [-0.1, -0.05) is 30.9 Å². The zero-order chi connectivity index (χ0) is 21.0. The Hall–Kier alpha value is -1.64. The highest BCUT2D eigenvalue weighted by Gasteiger charge is 2.36. The van der Waals surface area contributed by atoms with Gasteiger partial charge in [0.15, 0.2) is 0 Å². The van der Waals surface area contributed by atoms with E-state index in [2.05, 4.69) is 0 Å². The fourth-order valence-corrected chi connectivity index (χ4v) is 5.93. The van der Waals surface area contributed by atoms with Crippen LogP contribution in [0.4, 0.5) is 0 Å². The van der Waals surface area contributed by atoms with Crippen molar-refractivity contribution in [3.05, 3.63) is 29.3 Å². The number of hydrogen-bond acceptors (Lipinski definition) is 4. The summed E-state index contributed by atoms with van der Waals surface area (Å²) in [4.78, 5) is 26.1. The van der Waals surface area contributed by atoms with Crippen molar-refractivity contribution in [2.45, 2.75) is 55.9 Å². The largest absolute Gasteiger partial charge is 0.369 e. The lowest BCUT2D eigenvalue weighted by Crippen LogP contribution is -2.50. The van der Waals surface area contributed by atoms with Gasteiger partial charge >= 0.3 is 0 Å². The van der Waals surface area contributed by atoms with Crippen LogP contribution in [0.2, 0.25) is 5.02 Å². The average molecular weight is 442 g/mol. The van der Waals surface area contributed by atoms with Crippen molar-refractivity contribution in [1.82, 2.24) is 9.21 Å². The molecule has 0 unspecified atom stereocenters. The Balaban J connectivity index is 1.78. The highest BCUT2D eigenvalue weighted by Crippen LogP contribution is 2.29. The molecule has 3 rings (SSSR count). The van der Waals surface area contributed by atoms with Crippen LogP contribution in [0.5, 0.6) is 0 Å². The Bertz CT molecular complexity index is 830. The molecule has 1 aromatic carbocycles. The van der Waals surface area contributed by atoms with Gasteiger partial charge in [-0.05, 0) is 49.9 Å². The minimum absolute atomic E-state index is 0.146. The molecular formula is C20H28ClN3O4S. The molecule has 9 heteroatoms. The molecule has 2 aliphatic rings. The lowest BCUT2D eigenvalue weighted by Gasteiger charge is -2.36. The molecule has 1 aliphatic carbocycles. The van der Waals surface area contributed by atoms with Crippen molar-refractivity contribution >= 4 is 33.4 Å². The smallest absolute Gasteiger partial charge is 0.243 e. The van der Waals surface area contributed by atoms with E-state index in [0.29, 0.717) is 31.0 Å². The van der Waals surface area contributed by atoms with Gasteiger partial charge in [-0.2, -0.15) is 4.31 Å². The molecule has 0 spiro atoms. The summed E-state index contributed by atoms with van der Waals surface area (Å²) >= 11 is 5.91. The fraction of sp³-hybridized carbons (Fsp3) is 0.600. The van der Waals surface area contributed by atoms with E-state index in [9.17, 15) is 18.0 Å². The number of nitrogens with zero attached hydrogens (tertiary/aromatic N) is 2. The third-order valence-corrected chi connectivity index (χ3v) is 8.11. The van der Waals surface area contributed by atoms with E-state index in [1.54, 1.807) is 17.0 Å². The van der Waals surface area contributed by atoms with Gasteiger partial charge in [0.2, 0.25) is 21.8 Å². The second-order valence-electron chi connectivity index (χ2n) is 7.85. The van der Waals surface area contributed by atoms with Crippen LogP contribution in [-0.4, -0.2) is 55.1 Å². The van der Waals surface area contributed by atoms with Crippen LogP contribution in [0.25, 0.3) is 0 Å². The van der Waals surface area contributed by atoms with Crippen molar-refractivity contribution in [1.29, 1.82) is 0 Å². The first kappa shape index (κ1) is 22.1. The third-order valence-electron chi connectivity index (χ3n) is 5.94. The molecule has 29 heavy (non-hydrogen) atoms. The van der Waals surface area contributed by atoms with E-state index < -0.39 is 10.0 Å². The Kier molecular flexibility index (Phi) is 7.19. The highest BCUT2D eigenvalue weighted by molar-refractivity contribution is 7.89. The standard InChI is InChI=1S/C20H28ClN3O4S/c21-16-6-8-18(9-7-16)29(27,28)24(17-4-2-1-3-5-17)14-19(25)23-12-10-15(11-13-23)20(22)26/h6-9,15,17H,1-5,10-14H2,(H2,22,26). The SMILES string of the molecule is NC(=O)C1CCN(C(=O)CN(C2CCCCC2)S(=O)(=O)c2ccc(Cl)cc2)CC1. The van der Waals surface area contributed by atoms with E-state index in [1.807, 2.05) is 0 Å². The molecule has 1 saturated carbocycles. The number of halogens is 1. The molecule has 2 amide bonds. The molecule has 1 aliphatic heterocycles.